The Bertz CT molecular complexity index is 333. The van der Waals surface area contributed by atoms with Crippen molar-refractivity contribution in [1.29, 1.82) is 0 Å². The van der Waals surface area contributed by atoms with Gasteiger partial charge in [-0.05, 0) is 5.56 Å². The first-order chi connectivity index (χ1) is 7.29. The lowest BCUT2D eigenvalue weighted by atomic mass is 10.1. The summed E-state index contributed by atoms with van der Waals surface area (Å²) in [5.74, 6) is -0.293. The smallest absolute Gasteiger partial charge is 0.257 e. The van der Waals surface area contributed by atoms with Crippen molar-refractivity contribution < 1.29 is 14.6 Å². The van der Waals surface area contributed by atoms with Gasteiger partial charge in [0.15, 0.2) is 6.10 Å². The van der Waals surface area contributed by atoms with Crippen LogP contribution in [0.25, 0.3) is 0 Å². The number of benzene rings is 1. The molecule has 1 fully saturated rings. The molecule has 1 saturated heterocycles. The molecule has 0 radical (unpaired) electrons. The molecule has 0 aromatic heterocycles. The summed E-state index contributed by atoms with van der Waals surface area (Å²) in [6.45, 7) is 1.39. The van der Waals surface area contributed by atoms with Crippen molar-refractivity contribution in [3.63, 3.8) is 0 Å². The van der Waals surface area contributed by atoms with E-state index < -0.39 is 6.10 Å². The number of hydrogen-bond acceptors (Lipinski definition) is 3. The number of carbonyl (C=O) groups is 1. The van der Waals surface area contributed by atoms with Crippen LogP contribution in [0, 0.1) is 0 Å². The summed E-state index contributed by atoms with van der Waals surface area (Å²) >= 11 is 0. The van der Waals surface area contributed by atoms with Gasteiger partial charge in [-0.15, -0.1) is 0 Å². The second-order valence-corrected chi connectivity index (χ2v) is 3.45. The molecule has 15 heavy (non-hydrogen) atoms. The van der Waals surface area contributed by atoms with E-state index >= 15 is 0 Å². The van der Waals surface area contributed by atoms with Gasteiger partial charge in [-0.1, -0.05) is 30.3 Å². The van der Waals surface area contributed by atoms with E-state index in [9.17, 15) is 9.90 Å². The Morgan fingerprint density at radius 1 is 1.40 bits per heavy atom. The maximum Gasteiger partial charge on any atom is 0.257 e. The van der Waals surface area contributed by atoms with E-state index in [2.05, 4.69) is 0 Å². The molecule has 80 valence electrons. The number of aliphatic hydroxyl groups excluding tert-OH is 1. The molecule has 0 aliphatic carbocycles. The summed E-state index contributed by atoms with van der Waals surface area (Å²) in [5, 5.41) is 9.80. The SMILES string of the molecule is O=C(C(O)c1ccccc1)N1CCOC1. The van der Waals surface area contributed by atoms with Crippen molar-refractivity contribution >= 4 is 5.91 Å². The molecule has 0 bridgehead atoms. The van der Waals surface area contributed by atoms with E-state index in [1.54, 1.807) is 24.3 Å². The summed E-state index contributed by atoms with van der Waals surface area (Å²) < 4.78 is 5.06. The van der Waals surface area contributed by atoms with Gasteiger partial charge in [0.2, 0.25) is 0 Å². The molecule has 1 unspecified atom stereocenters. The van der Waals surface area contributed by atoms with Crippen molar-refractivity contribution in [2.45, 2.75) is 6.10 Å². The van der Waals surface area contributed by atoms with Crippen LogP contribution in [0.4, 0.5) is 0 Å². The number of amides is 1. The normalized spacial score (nSPS) is 17.8. The molecule has 1 heterocycles. The summed E-state index contributed by atoms with van der Waals surface area (Å²) in [4.78, 5) is 13.3. The Morgan fingerprint density at radius 3 is 2.73 bits per heavy atom. The first kappa shape index (κ1) is 10.1. The molecule has 4 heteroatoms. The van der Waals surface area contributed by atoms with Gasteiger partial charge >= 0.3 is 0 Å². The van der Waals surface area contributed by atoms with Crippen LogP contribution in [0.1, 0.15) is 11.7 Å². The fourth-order valence-electron chi connectivity index (χ4n) is 1.54. The Morgan fingerprint density at radius 2 is 2.13 bits per heavy atom. The Labute approximate surface area is 88.1 Å². The minimum atomic E-state index is -1.08. The highest BCUT2D eigenvalue weighted by Gasteiger charge is 2.25. The summed E-state index contributed by atoms with van der Waals surface area (Å²) in [6.07, 6.45) is -1.08. The molecule has 1 aromatic rings. The average molecular weight is 207 g/mol. The zero-order valence-corrected chi connectivity index (χ0v) is 8.30. The molecule has 0 saturated carbocycles. The fraction of sp³-hybridized carbons (Fsp3) is 0.364. The maximum absolute atomic E-state index is 11.7. The molecule has 2 rings (SSSR count). The van der Waals surface area contributed by atoms with E-state index in [1.165, 1.54) is 4.90 Å². The highest BCUT2D eigenvalue weighted by atomic mass is 16.5. The van der Waals surface area contributed by atoms with Gasteiger partial charge in [0.05, 0.1) is 6.61 Å². The molecule has 1 N–H and O–H groups in total. The van der Waals surface area contributed by atoms with Gasteiger partial charge in [0, 0.05) is 6.54 Å². The van der Waals surface area contributed by atoms with Crippen molar-refractivity contribution in [3.8, 4) is 0 Å². The number of hydrogen-bond donors (Lipinski definition) is 1. The second-order valence-electron chi connectivity index (χ2n) is 3.45. The lowest BCUT2D eigenvalue weighted by molar-refractivity contribution is -0.140. The first-order valence-electron chi connectivity index (χ1n) is 4.88. The second kappa shape index (κ2) is 4.42. The van der Waals surface area contributed by atoms with Crippen LogP contribution in [0.2, 0.25) is 0 Å². The molecule has 1 amide bonds. The Hall–Kier alpha value is -1.39. The van der Waals surface area contributed by atoms with Crippen LogP contribution in [0.5, 0.6) is 0 Å². The number of rotatable bonds is 2. The predicted molar refractivity (Wildman–Crippen MR) is 53.9 cm³/mol. The maximum atomic E-state index is 11.7. The van der Waals surface area contributed by atoms with E-state index in [-0.39, 0.29) is 12.6 Å². The van der Waals surface area contributed by atoms with Crippen LogP contribution in [0.15, 0.2) is 30.3 Å². The molecule has 1 aliphatic rings. The lowest BCUT2D eigenvalue weighted by Gasteiger charge is -2.18. The summed E-state index contributed by atoms with van der Waals surface area (Å²) in [6, 6.07) is 8.91. The van der Waals surface area contributed by atoms with Crippen LogP contribution in [0.3, 0.4) is 0 Å². The van der Waals surface area contributed by atoms with E-state index in [0.717, 1.165) is 0 Å². The average Bonchev–Trinajstić information content (AvgIpc) is 2.82. The van der Waals surface area contributed by atoms with Crippen molar-refractivity contribution in [2.75, 3.05) is 19.9 Å². The number of ether oxygens (including phenoxy) is 1. The van der Waals surface area contributed by atoms with Crippen molar-refractivity contribution in [1.82, 2.24) is 4.90 Å². The largest absolute Gasteiger partial charge is 0.378 e. The third-order valence-corrected chi connectivity index (χ3v) is 2.41. The van der Waals surface area contributed by atoms with E-state index in [1.807, 2.05) is 6.07 Å². The van der Waals surface area contributed by atoms with Crippen molar-refractivity contribution in [3.05, 3.63) is 35.9 Å². The molecule has 4 nitrogen and oxygen atoms in total. The minimum absolute atomic E-state index is 0.280. The van der Waals surface area contributed by atoms with E-state index in [4.69, 9.17) is 4.74 Å². The van der Waals surface area contributed by atoms with E-state index in [0.29, 0.717) is 18.7 Å². The van der Waals surface area contributed by atoms with Crippen LogP contribution < -0.4 is 0 Å². The molecule has 1 atom stereocenters. The van der Waals surface area contributed by atoms with Crippen LogP contribution in [-0.4, -0.2) is 35.8 Å². The van der Waals surface area contributed by atoms with Crippen LogP contribution >= 0.6 is 0 Å². The molecular formula is C11H13NO3. The monoisotopic (exact) mass is 207 g/mol. The lowest BCUT2D eigenvalue weighted by Crippen LogP contribution is -2.32. The van der Waals surface area contributed by atoms with Gasteiger partial charge in [-0.3, -0.25) is 4.79 Å². The predicted octanol–water partition coefficient (Wildman–Crippen LogP) is 0.536. The fourth-order valence-corrected chi connectivity index (χ4v) is 1.54. The third-order valence-electron chi connectivity index (χ3n) is 2.41. The molecule has 0 spiro atoms. The highest BCUT2D eigenvalue weighted by molar-refractivity contribution is 5.82. The molecule has 1 aliphatic heterocycles. The molecule has 1 aromatic carbocycles. The number of carbonyl (C=O) groups excluding carboxylic acids is 1. The molecular weight excluding hydrogens is 194 g/mol. The summed E-state index contributed by atoms with van der Waals surface area (Å²) in [5.41, 5.74) is 0.620. The third kappa shape index (κ3) is 2.16. The number of nitrogens with zero attached hydrogens (tertiary/aromatic N) is 1. The number of aliphatic hydroxyl groups is 1. The first-order valence-corrected chi connectivity index (χ1v) is 4.88. The van der Waals surface area contributed by atoms with Gasteiger partial charge in [-0.25, -0.2) is 0 Å². The van der Waals surface area contributed by atoms with Gasteiger partial charge in [0.25, 0.3) is 5.91 Å². The zero-order chi connectivity index (χ0) is 10.7. The van der Waals surface area contributed by atoms with Gasteiger partial charge < -0.3 is 14.7 Å². The topological polar surface area (TPSA) is 49.8 Å². The highest BCUT2D eigenvalue weighted by Crippen LogP contribution is 2.16. The van der Waals surface area contributed by atoms with Gasteiger partial charge in [0.1, 0.15) is 6.73 Å². The Kier molecular flexibility index (Phi) is 2.99. The Balaban J connectivity index is 2.07. The zero-order valence-electron chi connectivity index (χ0n) is 8.30. The minimum Gasteiger partial charge on any atom is -0.378 e. The quantitative estimate of drug-likeness (QED) is 0.769. The standard InChI is InChI=1S/C11H13NO3/c13-10(9-4-2-1-3-5-9)11(14)12-6-7-15-8-12/h1-5,10,13H,6-8H2. The van der Waals surface area contributed by atoms with Gasteiger partial charge in [-0.2, -0.15) is 0 Å². The summed E-state index contributed by atoms with van der Waals surface area (Å²) in [7, 11) is 0. The van der Waals surface area contributed by atoms with Crippen molar-refractivity contribution in [2.24, 2.45) is 0 Å². The van der Waals surface area contributed by atoms with Crippen LogP contribution in [-0.2, 0) is 9.53 Å².